The van der Waals surface area contributed by atoms with E-state index in [-0.39, 0.29) is 11.8 Å². The van der Waals surface area contributed by atoms with Crippen LogP contribution in [0.1, 0.15) is 29.2 Å². The molecule has 0 aliphatic carbocycles. The molecular formula is C18H24N4O4S. The summed E-state index contributed by atoms with van der Waals surface area (Å²) in [4.78, 5) is 31.5. The number of likely N-dealkylation sites (tertiary alicyclic amines) is 1. The van der Waals surface area contributed by atoms with E-state index < -0.39 is 5.54 Å². The number of hydrogen-bond acceptors (Lipinski definition) is 7. The van der Waals surface area contributed by atoms with Gasteiger partial charge in [-0.25, -0.2) is 4.98 Å². The zero-order valence-corrected chi connectivity index (χ0v) is 16.3. The van der Waals surface area contributed by atoms with Crippen LogP contribution in [-0.4, -0.2) is 60.6 Å². The van der Waals surface area contributed by atoms with Crippen LogP contribution in [0.4, 0.5) is 5.13 Å². The summed E-state index contributed by atoms with van der Waals surface area (Å²) in [5.74, 6) is 0.784. The molecule has 0 saturated carbocycles. The third kappa shape index (κ3) is 4.48. The molecular weight excluding hydrogens is 368 g/mol. The molecule has 1 aliphatic rings. The maximum absolute atomic E-state index is 12.9. The standard InChI is InChI=1S/C18H24N4O4S/c1-13-3-4-14(26-13)15(23)22-9-5-18(6-10-22,16(24)19-7-11-25-2)21-17-20-8-12-27-17/h3-4,8,12H,5-7,9-11H2,1-2H3,(H,19,24)(H,20,21). The highest BCUT2D eigenvalue weighted by Gasteiger charge is 2.43. The van der Waals surface area contributed by atoms with Gasteiger partial charge in [-0.05, 0) is 31.9 Å². The van der Waals surface area contributed by atoms with Crippen LogP contribution in [0.3, 0.4) is 0 Å². The van der Waals surface area contributed by atoms with Crippen molar-refractivity contribution in [1.82, 2.24) is 15.2 Å². The summed E-state index contributed by atoms with van der Waals surface area (Å²) >= 11 is 1.45. The normalized spacial score (nSPS) is 16.1. The molecule has 0 radical (unpaired) electrons. The predicted molar refractivity (Wildman–Crippen MR) is 102 cm³/mol. The van der Waals surface area contributed by atoms with Gasteiger partial charge in [0.05, 0.1) is 6.61 Å². The highest BCUT2D eigenvalue weighted by atomic mass is 32.1. The molecule has 0 atom stereocenters. The number of thiazole rings is 1. The minimum absolute atomic E-state index is 0.101. The number of nitrogens with zero attached hydrogens (tertiary/aromatic N) is 2. The lowest BCUT2D eigenvalue weighted by Gasteiger charge is -2.40. The summed E-state index contributed by atoms with van der Waals surface area (Å²) in [6, 6.07) is 3.46. The van der Waals surface area contributed by atoms with Gasteiger partial charge in [0.1, 0.15) is 11.3 Å². The molecule has 0 bridgehead atoms. The Morgan fingerprint density at radius 1 is 1.37 bits per heavy atom. The lowest BCUT2D eigenvalue weighted by atomic mass is 9.86. The molecule has 1 saturated heterocycles. The van der Waals surface area contributed by atoms with Crippen LogP contribution in [0.5, 0.6) is 0 Å². The molecule has 0 spiro atoms. The minimum Gasteiger partial charge on any atom is -0.456 e. The van der Waals surface area contributed by atoms with Gasteiger partial charge in [0, 0.05) is 38.3 Å². The van der Waals surface area contributed by atoms with E-state index in [2.05, 4.69) is 15.6 Å². The van der Waals surface area contributed by atoms with Gasteiger partial charge in [0.25, 0.3) is 5.91 Å². The smallest absolute Gasteiger partial charge is 0.289 e. The number of nitrogens with one attached hydrogen (secondary N) is 2. The third-order valence-electron chi connectivity index (χ3n) is 4.66. The summed E-state index contributed by atoms with van der Waals surface area (Å²) in [6.07, 6.45) is 2.66. The number of furan rings is 1. The van der Waals surface area contributed by atoms with E-state index in [1.165, 1.54) is 11.3 Å². The molecule has 3 rings (SSSR count). The van der Waals surface area contributed by atoms with Crippen molar-refractivity contribution in [2.45, 2.75) is 25.3 Å². The van der Waals surface area contributed by atoms with E-state index in [9.17, 15) is 9.59 Å². The van der Waals surface area contributed by atoms with Gasteiger partial charge in [-0.15, -0.1) is 11.3 Å². The monoisotopic (exact) mass is 392 g/mol. The number of hydrogen-bond donors (Lipinski definition) is 2. The first-order valence-corrected chi connectivity index (χ1v) is 9.73. The lowest BCUT2D eigenvalue weighted by molar-refractivity contribution is -0.127. The number of piperidine rings is 1. The Labute approximate surface area is 161 Å². The Morgan fingerprint density at radius 2 is 2.15 bits per heavy atom. The number of aromatic nitrogens is 1. The highest BCUT2D eigenvalue weighted by molar-refractivity contribution is 7.13. The summed E-state index contributed by atoms with van der Waals surface area (Å²) in [6.45, 7) is 3.59. The third-order valence-corrected chi connectivity index (χ3v) is 5.35. The molecule has 146 valence electrons. The van der Waals surface area contributed by atoms with Gasteiger partial charge in [0.15, 0.2) is 10.9 Å². The first kappa shape index (κ1) is 19.4. The summed E-state index contributed by atoms with van der Waals surface area (Å²) in [7, 11) is 1.59. The number of anilines is 1. The van der Waals surface area contributed by atoms with Crippen LogP contribution in [0.15, 0.2) is 28.1 Å². The van der Waals surface area contributed by atoms with Crippen LogP contribution in [-0.2, 0) is 9.53 Å². The van der Waals surface area contributed by atoms with Gasteiger partial charge in [-0.2, -0.15) is 0 Å². The minimum atomic E-state index is -0.804. The maximum Gasteiger partial charge on any atom is 0.289 e. The zero-order chi connectivity index (χ0) is 19.3. The number of carbonyl (C=O) groups is 2. The molecule has 1 aliphatic heterocycles. The van der Waals surface area contributed by atoms with Crippen molar-refractivity contribution in [2.75, 3.05) is 38.7 Å². The Hall–Kier alpha value is -2.39. The van der Waals surface area contributed by atoms with Crippen LogP contribution in [0.2, 0.25) is 0 Å². The van der Waals surface area contributed by atoms with Crippen LogP contribution >= 0.6 is 11.3 Å². The Morgan fingerprint density at radius 3 is 2.74 bits per heavy atom. The number of amides is 2. The fourth-order valence-corrected chi connectivity index (χ4v) is 3.76. The van der Waals surface area contributed by atoms with E-state index >= 15 is 0 Å². The van der Waals surface area contributed by atoms with Gasteiger partial charge in [0.2, 0.25) is 5.91 Å². The fraction of sp³-hybridized carbons (Fsp3) is 0.500. The molecule has 0 aromatic carbocycles. The maximum atomic E-state index is 12.9. The summed E-state index contributed by atoms with van der Waals surface area (Å²) < 4.78 is 10.4. The van der Waals surface area contributed by atoms with Crippen LogP contribution in [0, 0.1) is 6.92 Å². The van der Waals surface area contributed by atoms with E-state index in [0.717, 1.165) is 0 Å². The molecule has 2 amide bonds. The fourth-order valence-electron chi connectivity index (χ4n) is 3.13. The lowest BCUT2D eigenvalue weighted by Crippen LogP contribution is -2.59. The molecule has 27 heavy (non-hydrogen) atoms. The van der Waals surface area contributed by atoms with Crippen molar-refractivity contribution >= 4 is 28.3 Å². The molecule has 0 unspecified atom stereocenters. The summed E-state index contributed by atoms with van der Waals surface area (Å²) in [5, 5.41) is 8.76. The first-order chi connectivity index (χ1) is 13.0. The summed E-state index contributed by atoms with van der Waals surface area (Å²) in [5.41, 5.74) is -0.804. The van der Waals surface area contributed by atoms with E-state index in [1.807, 2.05) is 5.38 Å². The van der Waals surface area contributed by atoms with E-state index in [0.29, 0.717) is 55.7 Å². The second-order valence-electron chi connectivity index (χ2n) is 6.50. The molecule has 2 N–H and O–H groups in total. The van der Waals surface area contributed by atoms with Crippen LogP contribution < -0.4 is 10.6 Å². The topological polar surface area (TPSA) is 96.7 Å². The molecule has 8 nitrogen and oxygen atoms in total. The number of ether oxygens (including phenoxy) is 1. The molecule has 9 heteroatoms. The van der Waals surface area contributed by atoms with Gasteiger partial charge >= 0.3 is 0 Å². The molecule has 1 fully saturated rings. The number of methoxy groups -OCH3 is 1. The van der Waals surface area contributed by atoms with Crippen molar-refractivity contribution < 1.29 is 18.7 Å². The Balaban J connectivity index is 1.69. The van der Waals surface area contributed by atoms with Crippen molar-refractivity contribution in [3.05, 3.63) is 35.2 Å². The molecule has 2 aromatic heterocycles. The number of rotatable bonds is 7. The quantitative estimate of drug-likeness (QED) is 0.699. The number of carbonyl (C=O) groups excluding carboxylic acids is 2. The first-order valence-electron chi connectivity index (χ1n) is 8.85. The number of aryl methyl sites for hydroxylation is 1. The van der Waals surface area contributed by atoms with Crippen molar-refractivity contribution in [3.8, 4) is 0 Å². The zero-order valence-electron chi connectivity index (χ0n) is 15.5. The van der Waals surface area contributed by atoms with Crippen molar-refractivity contribution in [2.24, 2.45) is 0 Å². The second-order valence-corrected chi connectivity index (χ2v) is 7.39. The Kier molecular flexibility index (Phi) is 6.12. The Bertz CT molecular complexity index is 766. The van der Waals surface area contributed by atoms with Gasteiger partial charge in [-0.1, -0.05) is 0 Å². The van der Waals surface area contributed by atoms with Crippen LogP contribution in [0.25, 0.3) is 0 Å². The second kappa shape index (κ2) is 8.53. The molecule has 2 aromatic rings. The average molecular weight is 392 g/mol. The largest absolute Gasteiger partial charge is 0.456 e. The van der Waals surface area contributed by atoms with E-state index in [4.69, 9.17) is 9.15 Å². The molecule has 3 heterocycles. The SMILES string of the molecule is COCCNC(=O)C1(Nc2nccs2)CCN(C(=O)c2ccc(C)o2)CC1. The van der Waals surface area contributed by atoms with Crippen molar-refractivity contribution in [3.63, 3.8) is 0 Å². The van der Waals surface area contributed by atoms with Crippen molar-refractivity contribution in [1.29, 1.82) is 0 Å². The average Bonchev–Trinajstić information content (AvgIpc) is 3.33. The predicted octanol–water partition coefficient (Wildman–Crippen LogP) is 1.89. The van der Waals surface area contributed by atoms with Gasteiger partial charge in [-0.3, -0.25) is 9.59 Å². The highest BCUT2D eigenvalue weighted by Crippen LogP contribution is 2.29. The van der Waals surface area contributed by atoms with Gasteiger partial charge < -0.3 is 24.7 Å². The van der Waals surface area contributed by atoms with E-state index in [1.54, 1.807) is 37.3 Å².